The van der Waals surface area contributed by atoms with Gasteiger partial charge in [-0.3, -0.25) is 4.90 Å². The van der Waals surface area contributed by atoms with E-state index in [0.717, 1.165) is 13.1 Å². The predicted octanol–water partition coefficient (Wildman–Crippen LogP) is 2.52. The van der Waals surface area contributed by atoms with Crippen molar-refractivity contribution in [3.05, 3.63) is 22.4 Å². The van der Waals surface area contributed by atoms with Crippen LogP contribution in [0, 0.1) is 0 Å². The largest absolute Gasteiger partial charge is 0.334 e. The van der Waals surface area contributed by atoms with Crippen molar-refractivity contribution >= 4 is 17.4 Å². The van der Waals surface area contributed by atoms with Gasteiger partial charge in [0.05, 0.1) is 0 Å². The Bertz CT molecular complexity index is 442. The van der Waals surface area contributed by atoms with Gasteiger partial charge in [-0.15, -0.1) is 0 Å². The SMILES string of the molecule is CC1CCCCN1C1CN(C(=O)NCc2ccsc2)C1. The summed E-state index contributed by atoms with van der Waals surface area (Å²) < 4.78 is 0. The van der Waals surface area contributed by atoms with Crippen LogP contribution in [0.25, 0.3) is 0 Å². The normalized spacial score (nSPS) is 24.4. The summed E-state index contributed by atoms with van der Waals surface area (Å²) in [6.07, 6.45) is 3.97. The number of likely N-dealkylation sites (tertiary alicyclic amines) is 2. The van der Waals surface area contributed by atoms with Crippen molar-refractivity contribution in [2.45, 2.75) is 44.8 Å². The quantitative estimate of drug-likeness (QED) is 0.929. The molecule has 20 heavy (non-hydrogen) atoms. The van der Waals surface area contributed by atoms with Gasteiger partial charge in [0.15, 0.2) is 0 Å². The van der Waals surface area contributed by atoms with Gasteiger partial charge in [0.2, 0.25) is 0 Å². The molecule has 0 radical (unpaired) electrons. The molecular formula is C15H23N3OS. The molecule has 0 spiro atoms. The van der Waals surface area contributed by atoms with Gasteiger partial charge >= 0.3 is 6.03 Å². The zero-order valence-corrected chi connectivity index (χ0v) is 12.9. The predicted molar refractivity (Wildman–Crippen MR) is 81.9 cm³/mol. The van der Waals surface area contributed by atoms with Gasteiger partial charge in [-0.1, -0.05) is 6.42 Å². The van der Waals surface area contributed by atoms with Gasteiger partial charge in [-0.05, 0) is 48.7 Å². The number of piperidine rings is 1. The number of thiophene rings is 1. The minimum absolute atomic E-state index is 0.0807. The molecule has 1 N–H and O–H groups in total. The van der Waals surface area contributed by atoms with Gasteiger partial charge in [0, 0.05) is 31.7 Å². The van der Waals surface area contributed by atoms with Crippen LogP contribution in [0.5, 0.6) is 0 Å². The van der Waals surface area contributed by atoms with E-state index in [9.17, 15) is 4.79 Å². The molecule has 0 aromatic carbocycles. The molecule has 2 amide bonds. The Morgan fingerprint density at radius 3 is 3.00 bits per heavy atom. The molecule has 2 aliphatic heterocycles. The summed E-state index contributed by atoms with van der Waals surface area (Å²) >= 11 is 1.67. The van der Waals surface area contributed by atoms with Gasteiger partial charge in [-0.25, -0.2) is 4.79 Å². The molecule has 1 atom stereocenters. The molecule has 110 valence electrons. The van der Waals surface area contributed by atoms with Crippen molar-refractivity contribution in [2.24, 2.45) is 0 Å². The van der Waals surface area contributed by atoms with E-state index < -0.39 is 0 Å². The summed E-state index contributed by atoms with van der Waals surface area (Å²) in [5.74, 6) is 0. The molecule has 3 heterocycles. The van der Waals surface area contributed by atoms with Crippen LogP contribution in [0.3, 0.4) is 0 Å². The summed E-state index contributed by atoms with van der Waals surface area (Å²) in [5.41, 5.74) is 1.19. The Hall–Kier alpha value is -1.07. The number of hydrogen-bond donors (Lipinski definition) is 1. The Balaban J connectivity index is 1.41. The molecule has 1 unspecified atom stereocenters. The molecule has 0 aliphatic carbocycles. The number of nitrogens with zero attached hydrogens (tertiary/aromatic N) is 2. The van der Waals surface area contributed by atoms with E-state index in [1.54, 1.807) is 11.3 Å². The third-order valence-electron chi connectivity index (χ3n) is 4.50. The van der Waals surface area contributed by atoms with Crippen LogP contribution in [0.2, 0.25) is 0 Å². The van der Waals surface area contributed by atoms with Gasteiger partial charge in [-0.2, -0.15) is 11.3 Å². The number of nitrogens with one attached hydrogen (secondary N) is 1. The van der Waals surface area contributed by atoms with Crippen LogP contribution in [0.1, 0.15) is 31.7 Å². The number of carbonyl (C=O) groups excluding carboxylic acids is 1. The minimum atomic E-state index is 0.0807. The Kier molecular flexibility index (Phi) is 4.27. The molecule has 1 aromatic heterocycles. The first kappa shape index (κ1) is 13.9. The van der Waals surface area contributed by atoms with E-state index in [1.807, 2.05) is 10.3 Å². The molecular weight excluding hydrogens is 270 g/mol. The fourth-order valence-corrected chi connectivity index (χ4v) is 3.85. The smallest absolute Gasteiger partial charge is 0.317 e. The molecule has 2 aliphatic rings. The summed E-state index contributed by atoms with van der Waals surface area (Å²) in [7, 11) is 0. The van der Waals surface area contributed by atoms with Crippen molar-refractivity contribution in [1.82, 2.24) is 15.1 Å². The highest BCUT2D eigenvalue weighted by atomic mass is 32.1. The van der Waals surface area contributed by atoms with Crippen molar-refractivity contribution in [1.29, 1.82) is 0 Å². The topological polar surface area (TPSA) is 35.6 Å². The lowest BCUT2D eigenvalue weighted by Gasteiger charge is -2.49. The van der Waals surface area contributed by atoms with Crippen LogP contribution < -0.4 is 5.32 Å². The molecule has 1 aromatic rings. The van der Waals surface area contributed by atoms with Crippen LogP contribution in [0.4, 0.5) is 4.79 Å². The van der Waals surface area contributed by atoms with E-state index in [4.69, 9.17) is 0 Å². The molecule has 2 saturated heterocycles. The molecule has 4 nitrogen and oxygen atoms in total. The zero-order valence-electron chi connectivity index (χ0n) is 12.0. The fourth-order valence-electron chi connectivity index (χ4n) is 3.18. The monoisotopic (exact) mass is 293 g/mol. The second-order valence-electron chi connectivity index (χ2n) is 5.93. The molecule has 0 bridgehead atoms. The molecule has 3 rings (SSSR count). The number of hydrogen-bond acceptors (Lipinski definition) is 3. The van der Waals surface area contributed by atoms with Crippen LogP contribution in [-0.4, -0.2) is 47.5 Å². The highest BCUT2D eigenvalue weighted by Crippen LogP contribution is 2.24. The van der Waals surface area contributed by atoms with E-state index >= 15 is 0 Å². The first-order valence-corrected chi connectivity index (χ1v) is 8.48. The highest BCUT2D eigenvalue weighted by molar-refractivity contribution is 7.07. The van der Waals surface area contributed by atoms with E-state index in [0.29, 0.717) is 18.6 Å². The molecule has 0 saturated carbocycles. The minimum Gasteiger partial charge on any atom is -0.334 e. The molecule has 5 heteroatoms. The summed E-state index contributed by atoms with van der Waals surface area (Å²) in [6, 6.07) is 3.40. The van der Waals surface area contributed by atoms with Gasteiger partial charge in [0.1, 0.15) is 0 Å². The lowest BCUT2D eigenvalue weighted by molar-refractivity contribution is 0.0169. The number of urea groups is 1. The molecule has 2 fully saturated rings. The van der Waals surface area contributed by atoms with Crippen molar-refractivity contribution in [2.75, 3.05) is 19.6 Å². The van der Waals surface area contributed by atoms with Gasteiger partial charge < -0.3 is 10.2 Å². The van der Waals surface area contributed by atoms with Crippen LogP contribution in [-0.2, 0) is 6.54 Å². The summed E-state index contributed by atoms with van der Waals surface area (Å²) in [6.45, 7) is 5.94. The first-order chi connectivity index (χ1) is 9.74. The lowest BCUT2D eigenvalue weighted by Crippen LogP contribution is -2.64. The maximum Gasteiger partial charge on any atom is 0.317 e. The first-order valence-electron chi connectivity index (χ1n) is 7.53. The third kappa shape index (κ3) is 2.99. The van der Waals surface area contributed by atoms with E-state index in [1.165, 1.54) is 31.4 Å². The van der Waals surface area contributed by atoms with E-state index in [2.05, 4.69) is 28.6 Å². The maximum absolute atomic E-state index is 12.0. The van der Waals surface area contributed by atoms with Crippen molar-refractivity contribution in [3.8, 4) is 0 Å². The average molecular weight is 293 g/mol. The fraction of sp³-hybridized carbons (Fsp3) is 0.667. The number of amides is 2. The highest BCUT2D eigenvalue weighted by Gasteiger charge is 2.37. The zero-order chi connectivity index (χ0) is 13.9. The van der Waals surface area contributed by atoms with Crippen LogP contribution >= 0.6 is 11.3 Å². The average Bonchev–Trinajstić information content (AvgIpc) is 2.90. The van der Waals surface area contributed by atoms with E-state index in [-0.39, 0.29) is 6.03 Å². The van der Waals surface area contributed by atoms with Crippen molar-refractivity contribution < 1.29 is 4.79 Å². The number of rotatable bonds is 3. The third-order valence-corrected chi connectivity index (χ3v) is 5.23. The van der Waals surface area contributed by atoms with Gasteiger partial charge in [0.25, 0.3) is 0 Å². The van der Waals surface area contributed by atoms with Crippen LogP contribution in [0.15, 0.2) is 16.8 Å². The second-order valence-corrected chi connectivity index (χ2v) is 6.71. The number of carbonyl (C=O) groups is 1. The maximum atomic E-state index is 12.0. The standard InChI is InChI=1S/C15H23N3OS/c1-12-4-2-3-6-18(12)14-9-17(10-14)15(19)16-8-13-5-7-20-11-13/h5,7,11-12,14H,2-4,6,8-10H2,1H3,(H,16,19). The Labute approximate surface area is 124 Å². The summed E-state index contributed by atoms with van der Waals surface area (Å²) in [5, 5.41) is 7.12. The second kappa shape index (κ2) is 6.14. The Morgan fingerprint density at radius 1 is 1.45 bits per heavy atom. The lowest BCUT2D eigenvalue weighted by atomic mass is 9.98. The Morgan fingerprint density at radius 2 is 2.30 bits per heavy atom. The summed E-state index contributed by atoms with van der Waals surface area (Å²) in [4.78, 5) is 16.5. The van der Waals surface area contributed by atoms with Crippen molar-refractivity contribution in [3.63, 3.8) is 0 Å².